The van der Waals surface area contributed by atoms with Crippen molar-refractivity contribution >= 4 is 35.4 Å². The van der Waals surface area contributed by atoms with Gasteiger partial charge in [0.2, 0.25) is 0 Å². The van der Waals surface area contributed by atoms with Crippen LogP contribution in [0.5, 0.6) is 0 Å². The molecule has 1 aromatic carbocycles. The van der Waals surface area contributed by atoms with Crippen LogP contribution in [0.15, 0.2) is 18.2 Å². The molecular weight excluding hydrogens is 342 g/mol. The second-order valence-corrected chi connectivity index (χ2v) is 6.71. The number of rotatable bonds is 8. The molecule has 0 saturated carbocycles. The molecule has 0 aliphatic carbocycles. The van der Waals surface area contributed by atoms with Crippen molar-refractivity contribution in [1.29, 1.82) is 0 Å². The number of primary amides is 1. The number of thioether (sulfide) groups is 1. The van der Waals surface area contributed by atoms with Crippen molar-refractivity contribution in [3.63, 3.8) is 0 Å². The second kappa shape index (κ2) is 9.93. The zero-order valence-electron chi connectivity index (χ0n) is 14.9. The highest BCUT2D eigenvalue weighted by molar-refractivity contribution is 7.98. The van der Waals surface area contributed by atoms with Gasteiger partial charge in [0.25, 0.3) is 5.91 Å². The lowest BCUT2D eigenvalue weighted by atomic mass is 10.1. The maximum absolute atomic E-state index is 12.3. The minimum absolute atomic E-state index is 0.369. The van der Waals surface area contributed by atoms with E-state index in [4.69, 9.17) is 10.5 Å². The molecule has 4 N–H and O–H groups in total. The standard InChI is InChI=1S/C17H25N3O4S/c1-10-5-6-11(2)14(9-10)19-15(21)12(3)24-16(22)13(7-8-25-4)20-17(18)23/h5-6,9,12-13H,7-8H2,1-4H3,(H,19,21)(H3,18,20,23)/t12-,13+/m0/s1. The zero-order valence-corrected chi connectivity index (χ0v) is 15.7. The third-order valence-corrected chi connectivity index (χ3v) is 4.17. The van der Waals surface area contributed by atoms with Gasteiger partial charge in [0.1, 0.15) is 6.04 Å². The molecule has 0 spiro atoms. The number of ether oxygens (including phenoxy) is 1. The van der Waals surface area contributed by atoms with Gasteiger partial charge in [-0.05, 0) is 56.4 Å². The van der Waals surface area contributed by atoms with Crippen LogP contribution in [-0.2, 0) is 14.3 Å². The summed E-state index contributed by atoms with van der Waals surface area (Å²) >= 11 is 1.53. The number of nitrogens with two attached hydrogens (primary N) is 1. The van der Waals surface area contributed by atoms with E-state index in [9.17, 15) is 14.4 Å². The van der Waals surface area contributed by atoms with E-state index in [1.165, 1.54) is 18.7 Å². The molecule has 25 heavy (non-hydrogen) atoms. The molecule has 0 heterocycles. The van der Waals surface area contributed by atoms with E-state index in [1.807, 2.05) is 38.3 Å². The molecule has 1 rings (SSSR count). The molecule has 0 bridgehead atoms. The minimum atomic E-state index is -1.00. The number of carbonyl (C=O) groups is 3. The second-order valence-electron chi connectivity index (χ2n) is 5.73. The summed E-state index contributed by atoms with van der Waals surface area (Å²) in [6.45, 7) is 5.28. The van der Waals surface area contributed by atoms with Crippen LogP contribution >= 0.6 is 11.8 Å². The van der Waals surface area contributed by atoms with Gasteiger partial charge in [0.15, 0.2) is 6.10 Å². The first-order chi connectivity index (χ1) is 11.7. The summed E-state index contributed by atoms with van der Waals surface area (Å²) < 4.78 is 5.18. The highest BCUT2D eigenvalue weighted by Crippen LogP contribution is 2.17. The van der Waals surface area contributed by atoms with Crippen molar-refractivity contribution in [1.82, 2.24) is 5.32 Å². The number of hydrogen-bond acceptors (Lipinski definition) is 5. The fourth-order valence-electron chi connectivity index (χ4n) is 2.07. The number of esters is 1. The Bertz CT molecular complexity index is 636. The Morgan fingerprint density at radius 1 is 1.28 bits per heavy atom. The molecule has 7 nitrogen and oxygen atoms in total. The Balaban J connectivity index is 2.69. The Labute approximate surface area is 152 Å². The average molecular weight is 367 g/mol. The van der Waals surface area contributed by atoms with Crippen LogP contribution in [0.2, 0.25) is 0 Å². The third-order valence-electron chi connectivity index (χ3n) is 3.52. The quantitative estimate of drug-likeness (QED) is 0.608. The molecule has 0 fully saturated rings. The Morgan fingerprint density at radius 3 is 2.56 bits per heavy atom. The van der Waals surface area contributed by atoms with E-state index in [0.29, 0.717) is 17.9 Å². The lowest BCUT2D eigenvalue weighted by Crippen LogP contribution is -2.46. The first kappa shape index (κ1) is 20.8. The van der Waals surface area contributed by atoms with Crippen molar-refractivity contribution in [2.45, 2.75) is 39.3 Å². The van der Waals surface area contributed by atoms with E-state index < -0.39 is 30.1 Å². The number of hydrogen-bond donors (Lipinski definition) is 3. The SMILES string of the molecule is CSCC[C@@H](NC(N)=O)C(=O)O[C@@H](C)C(=O)Nc1cc(C)ccc1C. The van der Waals surface area contributed by atoms with Crippen LogP contribution < -0.4 is 16.4 Å². The van der Waals surface area contributed by atoms with Gasteiger partial charge < -0.3 is 21.1 Å². The van der Waals surface area contributed by atoms with Gasteiger partial charge in [-0.2, -0.15) is 11.8 Å². The van der Waals surface area contributed by atoms with Crippen molar-refractivity contribution in [3.05, 3.63) is 29.3 Å². The molecule has 8 heteroatoms. The minimum Gasteiger partial charge on any atom is -0.451 e. The number of amides is 3. The fourth-order valence-corrected chi connectivity index (χ4v) is 2.54. The van der Waals surface area contributed by atoms with Crippen molar-refractivity contribution in [2.75, 3.05) is 17.3 Å². The van der Waals surface area contributed by atoms with Crippen molar-refractivity contribution in [3.8, 4) is 0 Å². The average Bonchev–Trinajstić information content (AvgIpc) is 2.54. The van der Waals surface area contributed by atoms with E-state index in [2.05, 4.69) is 10.6 Å². The summed E-state index contributed by atoms with van der Waals surface area (Å²) in [6, 6.07) is 4.01. The Morgan fingerprint density at radius 2 is 1.96 bits per heavy atom. The molecular formula is C17H25N3O4S. The predicted molar refractivity (Wildman–Crippen MR) is 99.6 cm³/mol. The molecule has 0 saturated heterocycles. The number of nitrogens with one attached hydrogen (secondary N) is 2. The maximum atomic E-state index is 12.3. The smallest absolute Gasteiger partial charge is 0.329 e. The monoisotopic (exact) mass is 367 g/mol. The molecule has 0 aliphatic heterocycles. The molecule has 0 aliphatic rings. The Hall–Kier alpha value is -2.22. The van der Waals surface area contributed by atoms with Crippen LogP contribution in [0.3, 0.4) is 0 Å². The highest BCUT2D eigenvalue weighted by atomic mass is 32.2. The van der Waals surface area contributed by atoms with Gasteiger partial charge in [-0.25, -0.2) is 9.59 Å². The van der Waals surface area contributed by atoms with E-state index >= 15 is 0 Å². The van der Waals surface area contributed by atoms with Crippen LogP contribution in [0.25, 0.3) is 0 Å². The van der Waals surface area contributed by atoms with Gasteiger partial charge >= 0.3 is 12.0 Å². The molecule has 0 radical (unpaired) electrons. The molecule has 0 aromatic heterocycles. The van der Waals surface area contributed by atoms with Crippen LogP contribution in [-0.4, -0.2) is 42.1 Å². The summed E-state index contributed by atoms with van der Waals surface area (Å²) in [5.41, 5.74) is 7.67. The number of aryl methyl sites for hydroxylation is 2. The molecule has 3 amide bonds. The molecule has 1 aromatic rings. The normalized spacial score (nSPS) is 12.8. The van der Waals surface area contributed by atoms with E-state index in [1.54, 1.807) is 0 Å². The third kappa shape index (κ3) is 7.04. The number of carbonyl (C=O) groups excluding carboxylic acids is 3. The van der Waals surface area contributed by atoms with Gasteiger partial charge in [0.05, 0.1) is 0 Å². The lowest BCUT2D eigenvalue weighted by molar-refractivity contribution is -0.155. The van der Waals surface area contributed by atoms with Crippen LogP contribution in [0, 0.1) is 13.8 Å². The van der Waals surface area contributed by atoms with Gasteiger partial charge in [-0.3, -0.25) is 4.79 Å². The largest absolute Gasteiger partial charge is 0.451 e. The van der Waals surface area contributed by atoms with Crippen LogP contribution in [0.4, 0.5) is 10.5 Å². The van der Waals surface area contributed by atoms with Gasteiger partial charge in [0, 0.05) is 5.69 Å². The zero-order chi connectivity index (χ0) is 19.0. The summed E-state index contributed by atoms with van der Waals surface area (Å²) in [6.07, 6.45) is 1.25. The van der Waals surface area contributed by atoms with Crippen molar-refractivity contribution < 1.29 is 19.1 Å². The Kier molecular flexibility index (Phi) is 8.27. The lowest BCUT2D eigenvalue weighted by Gasteiger charge is -2.19. The molecule has 2 atom stereocenters. The number of urea groups is 1. The maximum Gasteiger partial charge on any atom is 0.329 e. The first-order valence-electron chi connectivity index (χ1n) is 7.88. The van der Waals surface area contributed by atoms with Gasteiger partial charge in [-0.15, -0.1) is 0 Å². The molecule has 138 valence electrons. The summed E-state index contributed by atoms with van der Waals surface area (Å²) in [4.78, 5) is 35.5. The summed E-state index contributed by atoms with van der Waals surface area (Å²) in [5, 5.41) is 5.09. The van der Waals surface area contributed by atoms with Crippen LogP contribution in [0.1, 0.15) is 24.5 Å². The van der Waals surface area contributed by atoms with E-state index in [-0.39, 0.29) is 0 Å². The number of anilines is 1. The molecule has 0 unspecified atom stereocenters. The topological polar surface area (TPSA) is 111 Å². The highest BCUT2D eigenvalue weighted by Gasteiger charge is 2.25. The summed E-state index contributed by atoms with van der Waals surface area (Å²) in [5.74, 6) is -0.482. The first-order valence-corrected chi connectivity index (χ1v) is 9.27. The summed E-state index contributed by atoms with van der Waals surface area (Å²) in [7, 11) is 0. The number of benzene rings is 1. The predicted octanol–water partition coefficient (Wildman–Crippen LogP) is 1.96. The van der Waals surface area contributed by atoms with E-state index in [0.717, 1.165) is 11.1 Å². The van der Waals surface area contributed by atoms with Gasteiger partial charge in [-0.1, -0.05) is 12.1 Å². The fraction of sp³-hybridized carbons (Fsp3) is 0.471. The van der Waals surface area contributed by atoms with Crippen molar-refractivity contribution in [2.24, 2.45) is 5.73 Å².